The number of unbranched alkanes of at least 4 members (excludes halogenated alkanes) is 30. The van der Waals surface area contributed by atoms with Crippen LogP contribution in [0.3, 0.4) is 0 Å². The maximum atomic E-state index is 9.22. The quantitative estimate of drug-likeness (QED) is 0.0427. The minimum absolute atomic E-state index is 0.808. The summed E-state index contributed by atoms with van der Waals surface area (Å²) in [6.07, 6.45) is 47.0. The zero-order chi connectivity index (χ0) is 32.0. The predicted octanol–water partition coefficient (Wildman–Crippen LogP) is 11.2. The van der Waals surface area contributed by atoms with Crippen molar-refractivity contribution in [2.45, 2.75) is 219 Å². The molecule has 2 N–H and O–H groups in total. The van der Waals surface area contributed by atoms with Gasteiger partial charge in [0.25, 0.3) is 0 Å². The van der Waals surface area contributed by atoms with Gasteiger partial charge in [0.15, 0.2) is 0 Å². The van der Waals surface area contributed by atoms with Gasteiger partial charge in [0.05, 0.1) is 20.2 Å². The molecule has 0 saturated heterocycles. The Morgan fingerprint density at radius 2 is 0.558 bits per heavy atom. The molecule has 0 radical (unpaired) electrons. The number of hydrogen-bond acceptors (Lipinski definition) is 4. The minimum Gasteiger partial charge on any atom is -0.726 e. The first-order valence-electron chi connectivity index (χ1n) is 19.3. The Morgan fingerprint density at radius 3 is 0.721 bits per heavy atom. The summed E-state index contributed by atoms with van der Waals surface area (Å²) in [6.45, 7) is 7.36. The molecule has 262 valence electrons. The van der Waals surface area contributed by atoms with Crippen LogP contribution in [0, 0.1) is 0 Å². The van der Waals surface area contributed by atoms with Crippen LogP contribution in [-0.4, -0.2) is 33.2 Å². The average Bonchev–Trinajstić information content (AvgIpc) is 2.99. The molecule has 0 saturated carbocycles. The van der Waals surface area contributed by atoms with Gasteiger partial charge < -0.3 is 9.87 Å². The Balaban J connectivity index is 0. The molecular formula is C37H79NO4S. The third kappa shape index (κ3) is 48.9. The summed E-state index contributed by atoms with van der Waals surface area (Å²) in [6, 6.07) is 0. The molecule has 0 aliphatic rings. The summed E-state index contributed by atoms with van der Waals surface area (Å²) >= 11 is 0. The van der Waals surface area contributed by atoms with Crippen molar-refractivity contribution in [2.75, 3.05) is 20.2 Å². The molecule has 0 aromatic carbocycles. The van der Waals surface area contributed by atoms with Gasteiger partial charge in [-0.2, -0.15) is 0 Å². The molecule has 5 nitrogen and oxygen atoms in total. The number of quaternary nitrogens is 1. The van der Waals surface area contributed by atoms with Crippen LogP contribution in [0.1, 0.15) is 219 Å². The summed E-state index contributed by atoms with van der Waals surface area (Å²) in [7, 11) is -3.60. The largest absolute Gasteiger partial charge is 0.726 e. The number of rotatable bonds is 35. The van der Waals surface area contributed by atoms with E-state index in [1.807, 2.05) is 0 Å². The lowest BCUT2D eigenvalue weighted by atomic mass is 10.0. The van der Waals surface area contributed by atoms with Gasteiger partial charge in [-0.15, -0.1) is 0 Å². The number of hydrogen-bond donors (Lipinski definition) is 1. The van der Waals surface area contributed by atoms with Crippen molar-refractivity contribution in [3.8, 4) is 0 Å². The zero-order valence-corrected chi connectivity index (χ0v) is 30.5. The van der Waals surface area contributed by atoms with E-state index in [1.54, 1.807) is 0 Å². The van der Waals surface area contributed by atoms with Crippen molar-refractivity contribution in [1.82, 2.24) is 0 Å². The SMILES string of the molecule is CCCCCCCCCCCCCCCCCC[NH2+]CCCCCCCCCCCCCCCCCC.COS(=O)(=O)[O-]. The molecule has 0 spiro atoms. The van der Waals surface area contributed by atoms with E-state index < -0.39 is 10.4 Å². The van der Waals surface area contributed by atoms with E-state index >= 15 is 0 Å². The normalized spacial score (nSPS) is 11.5. The highest BCUT2D eigenvalue weighted by Gasteiger charge is 1.98. The monoisotopic (exact) mass is 634 g/mol. The molecule has 0 aromatic heterocycles. The molecule has 0 heterocycles. The highest BCUT2D eigenvalue weighted by atomic mass is 32.3. The highest BCUT2D eigenvalue weighted by molar-refractivity contribution is 7.80. The van der Waals surface area contributed by atoms with E-state index in [1.165, 1.54) is 219 Å². The molecule has 0 amide bonds. The van der Waals surface area contributed by atoms with Gasteiger partial charge in [0.2, 0.25) is 10.4 Å². The Labute approximate surface area is 271 Å². The molecule has 0 bridgehead atoms. The topological polar surface area (TPSA) is 83.0 Å². The fourth-order valence-corrected chi connectivity index (χ4v) is 5.82. The molecule has 0 aliphatic heterocycles. The van der Waals surface area contributed by atoms with Gasteiger partial charge >= 0.3 is 0 Å². The summed E-state index contributed by atoms with van der Waals surface area (Å²) in [4.78, 5) is 0. The molecule has 0 aromatic rings. The van der Waals surface area contributed by atoms with Crippen LogP contribution in [0.2, 0.25) is 0 Å². The van der Waals surface area contributed by atoms with E-state index in [0.29, 0.717) is 0 Å². The maximum absolute atomic E-state index is 9.22. The van der Waals surface area contributed by atoms with Crippen LogP contribution >= 0.6 is 0 Å². The van der Waals surface area contributed by atoms with Gasteiger partial charge in [-0.25, -0.2) is 8.42 Å². The maximum Gasteiger partial charge on any atom is 0.217 e. The van der Waals surface area contributed by atoms with Crippen LogP contribution in [0.25, 0.3) is 0 Å². The van der Waals surface area contributed by atoms with Crippen LogP contribution in [0.5, 0.6) is 0 Å². The molecule has 0 fully saturated rings. The fraction of sp³-hybridized carbons (Fsp3) is 1.00. The molecule has 0 unspecified atom stereocenters. The lowest BCUT2D eigenvalue weighted by Gasteiger charge is -2.04. The molecule has 0 atom stereocenters. The van der Waals surface area contributed by atoms with Gasteiger partial charge in [0, 0.05) is 0 Å². The van der Waals surface area contributed by atoms with Crippen molar-refractivity contribution in [2.24, 2.45) is 0 Å². The van der Waals surface area contributed by atoms with Crippen LogP contribution in [-0.2, 0) is 14.6 Å². The van der Waals surface area contributed by atoms with Crippen molar-refractivity contribution < 1.29 is 22.5 Å². The number of nitrogens with two attached hydrogens (primary N) is 1. The van der Waals surface area contributed by atoms with E-state index in [0.717, 1.165) is 7.11 Å². The van der Waals surface area contributed by atoms with Crippen molar-refractivity contribution in [1.29, 1.82) is 0 Å². The molecule has 0 rings (SSSR count). The van der Waals surface area contributed by atoms with E-state index in [2.05, 4.69) is 23.3 Å². The van der Waals surface area contributed by atoms with Crippen LogP contribution in [0.4, 0.5) is 0 Å². The summed E-state index contributed by atoms with van der Waals surface area (Å²) in [5, 5.41) is 2.59. The van der Waals surface area contributed by atoms with Gasteiger partial charge in [0.1, 0.15) is 0 Å². The fourth-order valence-electron chi connectivity index (χ4n) is 5.82. The van der Waals surface area contributed by atoms with Crippen LogP contribution in [0.15, 0.2) is 0 Å². The Bertz CT molecular complexity index is 551. The van der Waals surface area contributed by atoms with Crippen LogP contribution < -0.4 is 5.32 Å². The van der Waals surface area contributed by atoms with E-state index in [9.17, 15) is 13.0 Å². The van der Waals surface area contributed by atoms with E-state index in [4.69, 9.17) is 0 Å². The lowest BCUT2D eigenvalue weighted by Crippen LogP contribution is -2.84. The Hall–Kier alpha value is -0.170. The standard InChI is InChI=1S/C36H75N.CH4O4S/c1-3-5-7-9-11-13-15-17-19-21-23-25-27-29-31-33-35-37-36-34-32-30-28-26-24-22-20-18-16-14-12-10-8-6-4-2;1-5-6(2,3)4/h37H,3-36H2,1-2H3;1H3,(H,2,3,4). The third-order valence-corrected chi connectivity index (χ3v) is 9.14. The van der Waals surface area contributed by atoms with Gasteiger partial charge in [-0.1, -0.05) is 194 Å². The molecule has 0 aliphatic carbocycles. The lowest BCUT2D eigenvalue weighted by molar-refractivity contribution is -0.655. The smallest absolute Gasteiger partial charge is 0.217 e. The highest BCUT2D eigenvalue weighted by Crippen LogP contribution is 2.15. The summed E-state index contributed by atoms with van der Waals surface area (Å²) in [5.74, 6) is 0. The Kier molecular flexibility index (Phi) is 41.7. The molecular weight excluding hydrogens is 554 g/mol. The van der Waals surface area contributed by atoms with Gasteiger partial charge in [-0.3, -0.25) is 4.18 Å². The second kappa shape index (κ2) is 39.9. The minimum atomic E-state index is -4.41. The van der Waals surface area contributed by atoms with Crippen molar-refractivity contribution >= 4 is 10.4 Å². The second-order valence-corrected chi connectivity index (χ2v) is 14.2. The van der Waals surface area contributed by atoms with Crippen molar-refractivity contribution in [3.63, 3.8) is 0 Å². The van der Waals surface area contributed by atoms with Crippen molar-refractivity contribution in [3.05, 3.63) is 0 Å². The van der Waals surface area contributed by atoms with Gasteiger partial charge in [-0.05, 0) is 25.7 Å². The first-order valence-corrected chi connectivity index (χ1v) is 20.6. The molecule has 43 heavy (non-hydrogen) atoms. The average molecular weight is 634 g/mol. The second-order valence-electron chi connectivity index (χ2n) is 13.0. The summed E-state index contributed by atoms with van der Waals surface area (Å²) in [5.41, 5.74) is 0. The zero-order valence-electron chi connectivity index (χ0n) is 29.7. The summed E-state index contributed by atoms with van der Waals surface area (Å²) < 4.78 is 31.0. The first kappa shape index (κ1) is 45.0. The first-order chi connectivity index (χ1) is 21.0. The molecule has 6 heteroatoms. The van der Waals surface area contributed by atoms with E-state index in [-0.39, 0.29) is 0 Å². The Morgan fingerprint density at radius 1 is 0.395 bits per heavy atom. The predicted molar refractivity (Wildman–Crippen MR) is 187 cm³/mol. The third-order valence-electron chi connectivity index (χ3n) is 8.73.